The Labute approximate surface area is 194 Å². The Morgan fingerprint density at radius 2 is 2.18 bits per heavy atom. The van der Waals surface area contributed by atoms with Gasteiger partial charge in [-0.15, -0.1) is 5.10 Å². The number of nitrogens with one attached hydrogen (secondary N) is 3. The maximum Gasteiger partial charge on any atom is 0.247 e. The van der Waals surface area contributed by atoms with E-state index in [0.717, 1.165) is 24.8 Å². The third-order valence-corrected chi connectivity index (χ3v) is 6.99. The van der Waals surface area contributed by atoms with Gasteiger partial charge in [-0.1, -0.05) is 0 Å². The van der Waals surface area contributed by atoms with E-state index in [1.807, 2.05) is 0 Å². The minimum absolute atomic E-state index is 0.0606. The molecule has 0 aliphatic heterocycles. The highest BCUT2D eigenvalue weighted by atomic mass is 32.2. The average Bonchev–Trinajstić information content (AvgIpc) is 3.46. The average molecular weight is 483 g/mol. The van der Waals surface area contributed by atoms with Crippen molar-refractivity contribution in [1.82, 2.24) is 34.5 Å². The van der Waals surface area contributed by atoms with E-state index >= 15 is 0 Å². The van der Waals surface area contributed by atoms with Gasteiger partial charge in [-0.3, -0.25) is 5.10 Å². The number of carbonyl (C=O) groups is 1. The van der Waals surface area contributed by atoms with Gasteiger partial charge in [0, 0.05) is 17.4 Å². The number of aldehydes is 1. The topological polar surface area (TPSA) is 156 Å². The number of fused-ring (bicyclic) bond motifs is 1. The number of aryl methyl sites for hydroxylation is 1. The largest absolute Gasteiger partial charge is 0.484 e. The van der Waals surface area contributed by atoms with Gasteiger partial charge in [-0.25, -0.2) is 18.1 Å². The Hall–Kier alpha value is -3.84. The second-order valence-electron chi connectivity index (χ2n) is 7.90. The number of carbonyl (C=O) groups excluding carboxylic acids is 1. The van der Waals surface area contributed by atoms with Crippen LogP contribution in [0.4, 0.5) is 11.6 Å². The third-order valence-electron chi connectivity index (χ3n) is 5.57. The molecule has 0 amide bonds. The normalized spacial score (nSPS) is 14.1. The van der Waals surface area contributed by atoms with Crippen LogP contribution in [-0.4, -0.2) is 57.1 Å². The second-order valence-corrected chi connectivity index (χ2v) is 9.67. The van der Waals surface area contributed by atoms with E-state index in [0.29, 0.717) is 40.6 Å². The number of nitrogens with zero attached hydrogens (tertiary/aromatic N) is 5. The van der Waals surface area contributed by atoms with Crippen molar-refractivity contribution >= 4 is 33.6 Å². The molecule has 0 saturated heterocycles. The lowest BCUT2D eigenvalue weighted by Crippen LogP contribution is -2.25. The molecule has 34 heavy (non-hydrogen) atoms. The maximum atomic E-state index is 12.3. The molecule has 0 radical (unpaired) electrons. The molecule has 5 rings (SSSR count). The maximum absolute atomic E-state index is 12.3. The van der Waals surface area contributed by atoms with Crippen molar-refractivity contribution in [2.45, 2.75) is 37.2 Å². The standard InChI is InChI=1S/C21H22N8O4S/c1-13-9-16(34(31,32)25-7-8-30)5-6-17(13)26-21-27-20-19(33-15-3-2-4-15)18(14-10-23-24-11-14)22-12-29(20)28-21/h5-6,8-12,15,25H,2-4,7H2,1H3,(H,23,24)(H,26,28). The Morgan fingerprint density at radius 1 is 1.32 bits per heavy atom. The summed E-state index contributed by atoms with van der Waals surface area (Å²) >= 11 is 0. The van der Waals surface area contributed by atoms with Crippen molar-refractivity contribution in [2.75, 3.05) is 11.9 Å². The lowest BCUT2D eigenvalue weighted by molar-refractivity contribution is -0.106. The molecular formula is C21H22N8O4S. The molecule has 4 aromatic rings. The molecule has 1 saturated carbocycles. The molecular weight excluding hydrogens is 460 g/mol. The van der Waals surface area contributed by atoms with E-state index in [1.54, 1.807) is 31.7 Å². The quantitative estimate of drug-likeness (QED) is 0.303. The van der Waals surface area contributed by atoms with Crippen molar-refractivity contribution in [1.29, 1.82) is 0 Å². The zero-order chi connectivity index (χ0) is 23.7. The molecule has 3 heterocycles. The van der Waals surface area contributed by atoms with E-state index in [-0.39, 0.29) is 17.5 Å². The molecule has 13 heteroatoms. The number of anilines is 2. The molecule has 3 N–H and O–H groups in total. The molecule has 3 aromatic heterocycles. The summed E-state index contributed by atoms with van der Waals surface area (Å²) in [6.45, 7) is 1.48. The Balaban J connectivity index is 1.47. The van der Waals surface area contributed by atoms with Gasteiger partial charge in [0.2, 0.25) is 21.6 Å². The van der Waals surface area contributed by atoms with Crippen LogP contribution in [0.3, 0.4) is 0 Å². The van der Waals surface area contributed by atoms with Crippen LogP contribution in [0, 0.1) is 6.92 Å². The molecule has 1 aliphatic rings. The fraction of sp³-hybridized carbons (Fsp3) is 0.286. The second kappa shape index (κ2) is 8.83. The Morgan fingerprint density at radius 3 is 2.85 bits per heavy atom. The Bertz CT molecular complexity index is 1450. The van der Waals surface area contributed by atoms with Crippen molar-refractivity contribution in [3.63, 3.8) is 0 Å². The number of benzene rings is 1. The first-order chi connectivity index (χ1) is 16.4. The first-order valence-corrected chi connectivity index (χ1v) is 12.1. The van der Waals surface area contributed by atoms with Crippen LogP contribution in [-0.2, 0) is 14.8 Å². The molecule has 0 atom stereocenters. The van der Waals surface area contributed by atoms with Crippen molar-refractivity contribution in [3.05, 3.63) is 42.5 Å². The summed E-state index contributed by atoms with van der Waals surface area (Å²) in [4.78, 5) is 19.7. The zero-order valence-corrected chi connectivity index (χ0v) is 19.0. The van der Waals surface area contributed by atoms with Gasteiger partial charge in [0.25, 0.3) is 0 Å². The van der Waals surface area contributed by atoms with Gasteiger partial charge in [-0.05, 0) is 49.9 Å². The van der Waals surface area contributed by atoms with Gasteiger partial charge in [0.05, 0.1) is 23.7 Å². The Kier molecular flexibility index (Phi) is 5.71. The van der Waals surface area contributed by atoms with Gasteiger partial charge < -0.3 is 14.8 Å². The van der Waals surface area contributed by atoms with E-state index in [9.17, 15) is 13.2 Å². The monoisotopic (exact) mass is 482 g/mol. The summed E-state index contributed by atoms with van der Waals surface area (Å²) in [6.07, 6.45) is 8.64. The highest BCUT2D eigenvalue weighted by Gasteiger charge is 2.25. The molecule has 0 bridgehead atoms. The molecule has 1 aliphatic carbocycles. The van der Waals surface area contributed by atoms with Crippen LogP contribution >= 0.6 is 0 Å². The molecule has 176 valence electrons. The predicted octanol–water partition coefficient (Wildman–Crippen LogP) is 1.97. The van der Waals surface area contributed by atoms with Crippen LogP contribution < -0.4 is 14.8 Å². The van der Waals surface area contributed by atoms with E-state index in [4.69, 9.17) is 4.74 Å². The number of aromatic amines is 1. The predicted molar refractivity (Wildman–Crippen MR) is 122 cm³/mol. The van der Waals surface area contributed by atoms with Crippen LogP contribution in [0.25, 0.3) is 16.9 Å². The summed E-state index contributed by atoms with van der Waals surface area (Å²) in [7, 11) is -3.77. The highest BCUT2D eigenvalue weighted by molar-refractivity contribution is 7.89. The van der Waals surface area contributed by atoms with Crippen LogP contribution in [0.15, 0.2) is 41.8 Å². The molecule has 12 nitrogen and oxygen atoms in total. The summed E-state index contributed by atoms with van der Waals surface area (Å²) in [5, 5.41) is 14.4. The van der Waals surface area contributed by atoms with E-state index in [1.165, 1.54) is 16.6 Å². The first-order valence-electron chi connectivity index (χ1n) is 10.7. The van der Waals surface area contributed by atoms with Gasteiger partial charge in [0.1, 0.15) is 18.3 Å². The molecule has 1 fully saturated rings. The number of rotatable bonds is 9. The summed E-state index contributed by atoms with van der Waals surface area (Å²) in [6, 6.07) is 4.58. The summed E-state index contributed by atoms with van der Waals surface area (Å²) in [5.74, 6) is 0.843. The summed E-state index contributed by atoms with van der Waals surface area (Å²) < 4.78 is 34.5. The van der Waals surface area contributed by atoms with Gasteiger partial charge in [-0.2, -0.15) is 14.6 Å². The minimum Gasteiger partial charge on any atom is -0.484 e. The number of hydrogen-bond acceptors (Lipinski definition) is 9. The fourth-order valence-electron chi connectivity index (χ4n) is 3.53. The molecule has 0 spiro atoms. The van der Waals surface area contributed by atoms with E-state index < -0.39 is 10.0 Å². The smallest absolute Gasteiger partial charge is 0.247 e. The first kappa shape index (κ1) is 22.0. The minimum atomic E-state index is -3.77. The molecule has 0 unspecified atom stereocenters. The lowest BCUT2D eigenvalue weighted by Gasteiger charge is -2.27. The lowest BCUT2D eigenvalue weighted by atomic mass is 9.96. The van der Waals surface area contributed by atoms with Gasteiger partial charge in [0.15, 0.2) is 5.75 Å². The zero-order valence-electron chi connectivity index (χ0n) is 18.2. The fourth-order valence-corrected chi connectivity index (χ4v) is 4.56. The SMILES string of the molecule is Cc1cc(S(=O)(=O)NCC=O)ccc1Nc1nc2c(OC3CCC3)c(-c3cn[nH]c3)ncn2n1. The van der Waals surface area contributed by atoms with E-state index in [2.05, 4.69) is 35.3 Å². The third kappa shape index (κ3) is 4.22. The van der Waals surface area contributed by atoms with Gasteiger partial charge >= 0.3 is 0 Å². The highest BCUT2D eigenvalue weighted by Crippen LogP contribution is 2.35. The van der Waals surface area contributed by atoms with Crippen molar-refractivity contribution in [3.8, 4) is 17.0 Å². The number of H-pyrrole nitrogens is 1. The van der Waals surface area contributed by atoms with Crippen LogP contribution in [0.2, 0.25) is 0 Å². The van der Waals surface area contributed by atoms with Crippen molar-refractivity contribution in [2.24, 2.45) is 0 Å². The van der Waals surface area contributed by atoms with Crippen LogP contribution in [0.5, 0.6) is 5.75 Å². The number of aromatic nitrogens is 6. The number of sulfonamides is 1. The van der Waals surface area contributed by atoms with Crippen LogP contribution in [0.1, 0.15) is 24.8 Å². The number of ether oxygens (including phenoxy) is 1. The summed E-state index contributed by atoms with van der Waals surface area (Å²) in [5.41, 5.74) is 3.21. The number of hydrogen-bond donors (Lipinski definition) is 3. The molecule has 1 aromatic carbocycles. The van der Waals surface area contributed by atoms with Crippen molar-refractivity contribution < 1.29 is 17.9 Å².